The number of aromatic amines is 1. The van der Waals surface area contributed by atoms with Crippen molar-refractivity contribution in [3.05, 3.63) is 80.7 Å². The van der Waals surface area contributed by atoms with Crippen LogP contribution in [0, 0.1) is 20.8 Å². The zero-order chi connectivity index (χ0) is 27.1. The molecule has 0 aliphatic carbocycles. The molecular weight excluding hydrogens is 480 g/mol. The first kappa shape index (κ1) is 25.9. The number of carbonyl (C=O) groups is 1. The Bertz CT molecular complexity index is 1560. The molecule has 0 saturated carbocycles. The Hall–Kier alpha value is -3.69. The van der Waals surface area contributed by atoms with Gasteiger partial charge in [-0.2, -0.15) is 5.10 Å². The highest BCUT2D eigenvalue weighted by Crippen LogP contribution is 2.34. The second-order valence-corrected chi connectivity index (χ2v) is 10.3. The van der Waals surface area contributed by atoms with Crippen molar-refractivity contribution in [1.82, 2.24) is 29.4 Å². The number of H-pyrrole nitrogens is 1. The van der Waals surface area contributed by atoms with Crippen LogP contribution in [0.3, 0.4) is 0 Å². The summed E-state index contributed by atoms with van der Waals surface area (Å²) in [6.07, 6.45) is 3.86. The highest BCUT2D eigenvalue weighted by Gasteiger charge is 2.27. The monoisotopic (exact) mass is 516 g/mol. The summed E-state index contributed by atoms with van der Waals surface area (Å²) in [5, 5.41) is 7.46. The molecule has 0 aromatic carbocycles. The van der Waals surface area contributed by atoms with Gasteiger partial charge in [-0.15, -0.1) is 0 Å². The maximum absolute atomic E-state index is 13.8. The van der Waals surface area contributed by atoms with Crippen molar-refractivity contribution in [2.24, 2.45) is 7.05 Å². The van der Waals surface area contributed by atoms with Gasteiger partial charge in [0.2, 0.25) is 0 Å². The second-order valence-electron chi connectivity index (χ2n) is 10.3. The third-order valence-electron chi connectivity index (χ3n) is 7.78. The molecule has 1 aliphatic heterocycles. The lowest BCUT2D eigenvalue weighted by Crippen LogP contribution is -2.39. The predicted octanol–water partition coefficient (Wildman–Crippen LogP) is 3.84. The molecule has 0 bridgehead atoms. The third-order valence-corrected chi connectivity index (χ3v) is 7.78. The number of rotatable bonds is 6. The van der Waals surface area contributed by atoms with E-state index in [1.54, 1.807) is 6.20 Å². The van der Waals surface area contributed by atoms with Crippen LogP contribution in [0.2, 0.25) is 0 Å². The molecule has 2 N–H and O–H groups in total. The Labute approximate surface area is 222 Å². The zero-order valence-corrected chi connectivity index (χ0v) is 23.0. The van der Waals surface area contributed by atoms with Crippen LogP contribution < -0.4 is 10.9 Å². The molecule has 1 fully saturated rings. The molecule has 5 heterocycles. The molecule has 2 unspecified atom stereocenters. The van der Waals surface area contributed by atoms with Gasteiger partial charge in [0.05, 0.1) is 30.5 Å². The minimum absolute atomic E-state index is 0.0700. The van der Waals surface area contributed by atoms with Crippen LogP contribution in [0.5, 0.6) is 0 Å². The summed E-state index contributed by atoms with van der Waals surface area (Å²) >= 11 is 0. The Kier molecular flexibility index (Phi) is 6.98. The van der Waals surface area contributed by atoms with E-state index in [9.17, 15) is 9.59 Å². The molecule has 9 nitrogen and oxygen atoms in total. The molecule has 5 rings (SSSR count). The normalized spacial score (nSPS) is 16.1. The summed E-state index contributed by atoms with van der Waals surface area (Å²) in [7, 11) is 1.92. The second kappa shape index (κ2) is 10.2. The maximum Gasteiger partial charge on any atom is 0.253 e. The van der Waals surface area contributed by atoms with E-state index >= 15 is 0 Å². The van der Waals surface area contributed by atoms with Crippen molar-refractivity contribution in [2.75, 3.05) is 26.3 Å². The summed E-state index contributed by atoms with van der Waals surface area (Å²) in [4.78, 5) is 31.8. The van der Waals surface area contributed by atoms with Crippen molar-refractivity contribution in [3.63, 3.8) is 0 Å². The van der Waals surface area contributed by atoms with Crippen molar-refractivity contribution in [1.29, 1.82) is 0 Å². The third kappa shape index (κ3) is 4.56. The highest BCUT2D eigenvalue weighted by atomic mass is 16.5. The number of amides is 1. The minimum atomic E-state index is -0.453. The van der Waals surface area contributed by atoms with E-state index in [1.165, 1.54) is 0 Å². The average molecular weight is 517 g/mol. The molecular formula is C29H36N6O3. The number of ether oxygens (including phenoxy) is 1. The number of hydrogen-bond donors (Lipinski definition) is 2. The SMILES string of the molecule is Cc1cc(C)c(C(C)NC(=O)c2cc3c(-c4ccnn4C)ccn3c(C(C)N3CCOCC3)c2C)c(=O)[nH]1. The number of pyridine rings is 2. The van der Waals surface area contributed by atoms with Crippen LogP contribution in [0.15, 0.2) is 41.5 Å². The van der Waals surface area contributed by atoms with E-state index in [-0.39, 0.29) is 17.5 Å². The molecule has 1 amide bonds. The molecule has 1 aliphatic rings. The van der Waals surface area contributed by atoms with E-state index in [0.29, 0.717) is 24.3 Å². The number of hydrogen-bond acceptors (Lipinski definition) is 5. The summed E-state index contributed by atoms with van der Waals surface area (Å²) in [5.74, 6) is -0.204. The summed E-state index contributed by atoms with van der Waals surface area (Å²) in [5.41, 5.74) is 7.57. The number of nitrogens with zero attached hydrogens (tertiary/aromatic N) is 4. The van der Waals surface area contributed by atoms with Crippen molar-refractivity contribution >= 4 is 11.4 Å². The van der Waals surface area contributed by atoms with Gasteiger partial charge in [0.15, 0.2) is 0 Å². The Morgan fingerprint density at radius 2 is 1.87 bits per heavy atom. The predicted molar refractivity (Wildman–Crippen MR) is 148 cm³/mol. The number of morpholine rings is 1. The van der Waals surface area contributed by atoms with Crippen molar-refractivity contribution in [2.45, 2.75) is 46.7 Å². The van der Waals surface area contributed by atoms with Gasteiger partial charge in [0, 0.05) is 66.7 Å². The lowest BCUT2D eigenvalue weighted by molar-refractivity contribution is 0.0187. The van der Waals surface area contributed by atoms with Crippen LogP contribution in [0.25, 0.3) is 16.8 Å². The standard InChI is InChI=1S/C29H36N6O3/c1-17-15-18(2)31-29(37)26(17)20(4)32-28(36)23-16-25-22(24-7-9-30-33(24)6)8-10-35(25)27(19(23)3)21(5)34-11-13-38-14-12-34/h7-10,15-16,20-21H,11-14H2,1-6H3,(H,31,37)(H,32,36). The first-order chi connectivity index (χ1) is 18.2. The number of carbonyl (C=O) groups excluding carboxylic acids is 1. The van der Waals surface area contributed by atoms with E-state index in [0.717, 1.165) is 52.4 Å². The summed E-state index contributed by atoms with van der Waals surface area (Å²) in [6, 6.07) is 7.57. The topological polar surface area (TPSA) is 96.7 Å². The van der Waals surface area contributed by atoms with Gasteiger partial charge in [0.25, 0.3) is 11.5 Å². The fourth-order valence-corrected chi connectivity index (χ4v) is 5.86. The van der Waals surface area contributed by atoms with E-state index < -0.39 is 6.04 Å². The van der Waals surface area contributed by atoms with Crippen LogP contribution >= 0.6 is 0 Å². The smallest absolute Gasteiger partial charge is 0.253 e. The first-order valence-corrected chi connectivity index (χ1v) is 13.1. The van der Waals surface area contributed by atoms with Gasteiger partial charge in [-0.1, -0.05) is 0 Å². The lowest BCUT2D eigenvalue weighted by atomic mass is 9.98. The van der Waals surface area contributed by atoms with Crippen LogP contribution in [-0.4, -0.2) is 56.3 Å². The van der Waals surface area contributed by atoms with Gasteiger partial charge in [-0.3, -0.25) is 19.2 Å². The van der Waals surface area contributed by atoms with Gasteiger partial charge in [0.1, 0.15) is 0 Å². The van der Waals surface area contributed by atoms with E-state index in [2.05, 4.69) is 43.9 Å². The molecule has 2 atom stereocenters. The number of aromatic nitrogens is 4. The summed E-state index contributed by atoms with van der Waals surface area (Å²) in [6.45, 7) is 12.9. The Balaban J connectivity index is 1.62. The number of nitrogens with one attached hydrogen (secondary N) is 2. The lowest BCUT2D eigenvalue weighted by Gasteiger charge is -2.34. The van der Waals surface area contributed by atoms with Gasteiger partial charge >= 0.3 is 0 Å². The molecule has 9 heteroatoms. The molecule has 1 saturated heterocycles. The van der Waals surface area contributed by atoms with Crippen LogP contribution in [0.4, 0.5) is 0 Å². The molecule has 4 aromatic rings. The maximum atomic E-state index is 13.8. The molecule has 4 aromatic heterocycles. The largest absolute Gasteiger partial charge is 0.379 e. The highest BCUT2D eigenvalue weighted by molar-refractivity contribution is 5.98. The Morgan fingerprint density at radius 3 is 2.53 bits per heavy atom. The summed E-state index contributed by atoms with van der Waals surface area (Å²) < 4.78 is 9.64. The van der Waals surface area contributed by atoms with Gasteiger partial charge in [-0.05, 0) is 70.0 Å². The van der Waals surface area contributed by atoms with Crippen LogP contribution in [-0.2, 0) is 11.8 Å². The quantitative estimate of drug-likeness (QED) is 0.406. The van der Waals surface area contributed by atoms with Crippen molar-refractivity contribution in [3.8, 4) is 11.3 Å². The van der Waals surface area contributed by atoms with E-state index in [1.807, 2.05) is 57.6 Å². The fourth-order valence-electron chi connectivity index (χ4n) is 5.86. The first-order valence-electron chi connectivity index (χ1n) is 13.1. The van der Waals surface area contributed by atoms with Gasteiger partial charge < -0.3 is 19.4 Å². The molecule has 200 valence electrons. The zero-order valence-electron chi connectivity index (χ0n) is 23.0. The average Bonchev–Trinajstić information content (AvgIpc) is 3.48. The molecule has 38 heavy (non-hydrogen) atoms. The molecule has 0 spiro atoms. The number of fused-ring (bicyclic) bond motifs is 1. The minimum Gasteiger partial charge on any atom is -0.379 e. The fraction of sp³-hybridized carbons (Fsp3) is 0.414. The molecule has 0 radical (unpaired) electrons. The number of aryl methyl sites for hydroxylation is 3. The van der Waals surface area contributed by atoms with Crippen LogP contribution in [0.1, 0.15) is 64.4 Å². The Morgan fingerprint density at radius 1 is 1.13 bits per heavy atom. The van der Waals surface area contributed by atoms with Gasteiger partial charge in [-0.25, -0.2) is 0 Å². The van der Waals surface area contributed by atoms with E-state index in [4.69, 9.17) is 4.74 Å². The van der Waals surface area contributed by atoms with Crippen molar-refractivity contribution < 1.29 is 9.53 Å².